The van der Waals surface area contributed by atoms with Gasteiger partial charge in [-0.25, -0.2) is 4.98 Å². The first-order valence-corrected chi connectivity index (χ1v) is 8.83. The van der Waals surface area contributed by atoms with E-state index in [1.54, 1.807) is 0 Å². The fourth-order valence-electron chi connectivity index (χ4n) is 4.31. The zero-order valence-electron chi connectivity index (χ0n) is 13.7. The van der Waals surface area contributed by atoms with Crippen molar-refractivity contribution >= 4 is 50.5 Å². The molecule has 2 aromatic heterocycles. The Morgan fingerprint density at radius 2 is 1.52 bits per heavy atom. The summed E-state index contributed by atoms with van der Waals surface area (Å²) in [5.41, 5.74) is 4.50. The van der Waals surface area contributed by atoms with Gasteiger partial charge in [0.2, 0.25) is 0 Å². The summed E-state index contributed by atoms with van der Waals surface area (Å²) in [6.07, 6.45) is 6.99. The van der Waals surface area contributed by atoms with Gasteiger partial charge in [-0.1, -0.05) is 48.6 Å². The van der Waals surface area contributed by atoms with Crippen LogP contribution in [-0.4, -0.2) is 9.38 Å². The van der Waals surface area contributed by atoms with Crippen molar-refractivity contribution < 1.29 is 0 Å². The third-order valence-corrected chi connectivity index (χ3v) is 5.37. The SMILES string of the molecule is C1=c2ccc3c(c2=CCC1)c1ccccc1n1c2ccccc2nc31. The van der Waals surface area contributed by atoms with E-state index in [1.807, 2.05) is 0 Å². The fraction of sp³-hybridized carbons (Fsp3) is 0.0870. The normalized spacial score (nSPS) is 13.9. The molecule has 118 valence electrons. The molecule has 5 aromatic rings. The predicted molar refractivity (Wildman–Crippen MR) is 105 cm³/mol. The van der Waals surface area contributed by atoms with E-state index in [0.717, 1.165) is 24.0 Å². The quantitative estimate of drug-likeness (QED) is 0.392. The lowest BCUT2D eigenvalue weighted by Crippen LogP contribution is -2.27. The molecule has 1 aliphatic rings. The highest BCUT2D eigenvalue weighted by Crippen LogP contribution is 2.30. The van der Waals surface area contributed by atoms with E-state index in [-0.39, 0.29) is 0 Å². The van der Waals surface area contributed by atoms with E-state index in [9.17, 15) is 0 Å². The first kappa shape index (κ1) is 13.2. The molecule has 0 N–H and O–H groups in total. The van der Waals surface area contributed by atoms with Crippen LogP contribution in [0.4, 0.5) is 0 Å². The molecule has 0 bridgehead atoms. The Morgan fingerprint density at radius 3 is 2.48 bits per heavy atom. The molecule has 3 aromatic carbocycles. The molecule has 0 saturated carbocycles. The molecule has 25 heavy (non-hydrogen) atoms. The largest absolute Gasteiger partial charge is 0.292 e. The lowest BCUT2D eigenvalue weighted by Gasteiger charge is -2.11. The zero-order valence-corrected chi connectivity index (χ0v) is 13.7. The third-order valence-electron chi connectivity index (χ3n) is 5.37. The predicted octanol–water partition coefficient (Wildman–Crippen LogP) is 4.15. The third kappa shape index (κ3) is 1.66. The van der Waals surface area contributed by atoms with E-state index in [0.29, 0.717) is 0 Å². The Labute approximate surface area is 144 Å². The van der Waals surface area contributed by atoms with E-state index in [4.69, 9.17) is 4.98 Å². The Hall–Kier alpha value is -3.13. The maximum absolute atomic E-state index is 4.98. The molecular weight excluding hydrogens is 304 g/mol. The average molecular weight is 320 g/mol. The smallest absolute Gasteiger partial charge is 0.146 e. The number of fused-ring (bicyclic) bond motifs is 10. The minimum Gasteiger partial charge on any atom is -0.292 e. The van der Waals surface area contributed by atoms with Crippen LogP contribution < -0.4 is 10.4 Å². The molecule has 6 rings (SSSR count). The van der Waals surface area contributed by atoms with Gasteiger partial charge in [-0.2, -0.15) is 0 Å². The number of nitrogens with zero attached hydrogens (tertiary/aromatic N) is 2. The van der Waals surface area contributed by atoms with Crippen LogP contribution >= 0.6 is 0 Å². The van der Waals surface area contributed by atoms with Crippen molar-refractivity contribution in [2.45, 2.75) is 12.8 Å². The van der Waals surface area contributed by atoms with Crippen molar-refractivity contribution in [2.24, 2.45) is 0 Å². The summed E-state index contributed by atoms with van der Waals surface area (Å²) < 4.78 is 2.31. The average Bonchev–Trinajstić information content (AvgIpc) is 3.07. The molecule has 0 fully saturated rings. The summed E-state index contributed by atoms with van der Waals surface area (Å²) in [6.45, 7) is 0. The summed E-state index contributed by atoms with van der Waals surface area (Å²) >= 11 is 0. The Bertz CT molecular complexity index is 1440. The molecule has 0 amide bonds. The number of pyridine rings is 1. The Morgan fingerprint density at radius 1 is 0.720 bits per heavy atom. The molecule has 2 nitrogen and oxygen atoms in total. The van der Waals surface area contributed by atoms with Crippen LogP contribution in [0.2, 0.25) is 0 Å². The lowest BCUT2D eigenvalue weighted by molar-refractivity contribution is 1.12. The topological polar surface area (TPSA) is 17.3 Å². The zero-order chi connectivity index (χ0) is 16.4. The van der Waals surface area contributed by atoms with Gasteiger partial charge in [0.15, 0.2) is 0 Å². The standard InChI is InChI=1S/C23H16N2/c1-2-8-16-15(7-1)13-14-18-22(16)17-9-3-5-11-20(17)25-21-12-6-4-10-19(21)24-23(18)25/h3-14H,1-2H2. The number of hydrogen-bond acceptors (Lipinski definition) is 1. The number of para-hydroxylation sites is 3. The highest BCUT2D eigenvalue weighted by atomic mass is 15.0. The van der Waals surface area contributed by atoms with Crippen molar-refractivity contribution in [3.63, 3.8) is 0 Å². The first-order chi connectivity index (χ1) is 12.4. The molecular formula is C23H16N2. The van der Waals surface area contributed by atoms with E-state index in [2.05, 4.69) is 77.2 Å². The van der Waals surface area contributed by atoms with Crippen molar-refractivity contribution in [3.8, 4) is 0 Å². The molecule has 1 aliphatic carbocycles. The summed E-state index contributed by atoms with van der Waals surface area (Å²) in [6, 6.07) is 21.6. The molecule has 0 aliphatic heterocycles. The summed E-state index contributed by atoms with van der Waals surface area (Å²) in [4.78, 5) is 4.98. The molecule has 0 atom stereocenters. The van der Waals surface area contributed by atoms with Gasteiger partial charge < -0.3 is 0 Å². The van der Waals surface area contributed by atoms with Crippen molar-refractivity contribution in [1.29, 1.82) is 0 Å². The molecule has 2 heterocycles. The van der Waals surface area contributed by atoms with Crippen LogP contribution in [0.25, 0.3) is 50.5 Å². The van der Waals surface area contributed by atoms with Gasteiger partial charge in [0, 0.05) is 16.2 Å². The highest BCUT2D eigenvalue weighted by Gasteiger charge is 2.14. The second-order valence-electron chi connectivity index (χ2n) is 6.75. The van der Waals surface area contributed by atoms with Crippen molar-refractivity contribution in [1.82, 2.24) is 9.38 Å². The van der Waals surface area contributed by atoms with Crippen LogP contribution in [0, 0.1) is 0 Å². The maximum Gasteiger partial charge on any atom is 0.146 e. The van der Waals surface area contributed by atoms with Crippen molar-refractivity contribution in [2.75, 3.05) is 0 Å². The van der Waals surface area contributed by atoms with Crippen LogP contribution in [-0.2, 0) is 0 Å². The van der Waals surface area contributed by atoms with Crippen LogP contribution in [0.5, 0.6) is 0 Å². The minimum absolute atomic E-state index is 1.05. The molecule has 0 unspecified atom stereocenters. The summed E-state index contributed by atoms with van der Waals surface area (Å²) in [7, 11) is 0. The van der Waals surface area contributed by atoms with Gasteiger partial charge in [0.1, 0.15) is 5.65 Å². The van der Waals surface area contributed by atoms with Gasteiger partial charge in [-0.05, 0) is 47.5 Å². The number of imidazole rings is 1. The van der Waals surface area contributed by atoms with Gasteiger partial charge in [0.05, 0.1) is 16.6 Å². The summed E-state index contributed by atoms with van der Waals surface area (Å²) in [5, 5.41) is 6.60. The van der Waals surface area contributed by atoms with E-state index >= 15 is 0 Å². The Kier molecular flexibility index (Phi) is 2.48. The van der Waals surface area contributed by atoms with Crippen molar-refractivity contribution in [3.05, 3.63) is 71.1 Å². The van der Waals surface area contributed by atoms with Crippen LogP contribution in [0.3, 0.4) is 0 Å². The maximum atomic E-state index is 4.98. The monoisotopic (exact) mass is 320 g/mol. The van der Waals surface area contributed by atoms with Crippen LogP contribution in [0.1, 0.15) is 12.8 Å². The molecule has 0 saturated heterocycles. The Balaban J connectivity index is 2.05. The number of aromatic nitrogens is 2. The molecule has 0 radical (unpaired) electrons. The number of benzene rings is 3. The second-order valence-corrected chi connectivity index (χ2v) is 6.75. The summed E-state index contributed by atoms with van der Waals surface area (Å²) in [5.74, 6) is 0. The van der Waals surface area contributed by atoms with E-state index < -0.39 is 0 Å². The number of rotatable bonds is 0. The van der Waals surface area contributed by atoms with Gasteiger partial charge in [-0.3, -0.25) is 4.40 Å². The van der Waals surface area contributed by atoms with Crippen LogP contribution in [0.15, 0.2) is 60.7 Å². The molecule has 2 heteroatoms. The highest BCUT2D eigenvalue weighted by molar-refractivity contribution is 6.14. The van der Waals surface area contributed by atoms with Gasteiger partial charge in [-0.15, -0.1) is 0 Å². The van der Waals surface area contributed by atoms with E-state index in [1.165, 1.54) is 37.6 Å². The first-order valence-electron chi connectivity index (χ1n) is 8.83. The number of hydrogen-bond donors (Lipinski definition) is 0. The lowest BCUT2D eigenvalue weighted by atomic mass is 9.98. The molecule has 0 spiro atoms. The minimum atomic E-state index is 1.05. The second kappa shape index (κ2) is 4.70. The van der Waals surface area contributed by atoms with Gasteiger partial charge >= 0.3 is 0 Å². The van der Waals surface area contributed by atoms with Gasteiger partial charge in [0.25, 0.3) is 0 Å². The fourth-order valence-corrected chi connectivity index (χ4v) is 4.31.